The highest BCUT2D eigenvalue weighted by Crippen LogP contribution is 2.07. The van der Waals surface area contributed by atoms with E-state index < -0.39 is 0 Å². The molecular weight excluding hydrogens is 104 g/mol. The van der Waals surface area contributed by atoms with Crippen molar-refractivity contribution >= 4 is 5.91 Å². The number of rotatable bonds is 1. The van der Waals surface area contributed by atoms with E-state index in [1.165, 1.54) is 0 Å². The summed E-state index contributed by atoms with van der Waals surface area (Å²) < 4.78 is 0. The number of carbonyl (C=O) groups excluding carboxylic acids is 1. The van der Waals surface area contributed by atoms with Gasteiger partial charge in [-0.15, -0.1) is 0 Å². The van der Waals surface area contributed by atoms with Crippen LogP contribution in [0.4, 0.5) is 0 Å². The largest absolute Gasteiger partial charge is 0.355 e. The molecule has 1 heterocycles. The second-order valence-corrected chi connectivity index (χ2v) is 2.21. The first-order valence-corrected chi connectivity index (χ1v) is 2.75. The van der Waals surface area contributed by atoms with Crippen LogP contribution in [-0.2, 0) is 4.79 Å². The molecule has 0 aromatic rings. The molecule has 1 saturated heterocycles. The fraction of sp³-hybridized carbons (Fsp3) is 0.800. The summed E-state index contributed by atoms with van der Waals surface area (Å²) in [5, 5.41) is 2.62. The van der Waals surface area contributed by atoms with E-state index >= 15 is 0 Å². The minimum Gasteiger partial charge on any atom is -0.355 e. The molecule has 3 N–H and O–H groups in total. The Kier molecular flexibility index (Phi) is 1.21. The second kappa shape index (κ2) is 1.74. The summed E-state index contributed by atoms with van der Waals surface area (Å²) in [4.78, 5) is 10.5. The fourth-order valence-corrected chi connectivity index (χ4v) is 0.728. The van der Waals surface area contributed by atoms with Crippen molar-refractivity contribution in [3.8, 4) is 0 Å². The molecule has 1 aliphatic heterocycles. The van der Waals surface area contributed by atoms with E-state index in [4.69, 9.17) is 5.73 Å². The molecule has 3 heteroatoms. The van der Waals surface area contributed by atoms with Gasteiger partial charge in [-0.3, -0.25) is 4.79 Å². The number of amides is 1. The Morgan fingerprint density at radius 2 is 2.62 bits per heavy atom. The average Bonchev–Trinajstić information content (AvgIpc) is 1.61. The van der Waals surface area contributed by atoms with Crippen LogP contribution in [0.15, 0.2) is 0 Å². The van der Waals surface area contributed by atoms with Crippen LogP contribution in [0, 0.1) is 5.92 Å². The van der Waals surface area contributed by atoms with Crippen LogP contribution in [0.5, 0.6) is 0 Å². The molecular formula is C5H10N2O. The van der Waals surface area contributed by atoms with Crippen molar-refractivity contribution < 1.29 is 4.79 Å². The maximum Gasteiger partial charge on any atom is 0.226 e. The quantitative estimate of drug-likeness (QED) is 0.433. The summed E-state index contributed by atoms with van der Waals surface area (Å²) in [6.45, 7) is 2.61. The summed E-state index contributed by atoms with van der Waals surface area (Å²) >= 11 is 0. The fourth-order valence-electron chi connectivity index (χ4n) is 0.728. The summed E-state index contributed by atoms with van der Waals surface area (Å²) in [5.74, 6) is 0.176. The minimum absolute atomic E-state index is 0.0174. The molecule has 1 rings (SSSR count). The van der Waals surface area contributed by atoms with Crippen molar-refractivity contribution in [3.63, 3.8) is 0 Å². The predicted octanol–water partition coefficient (Wildman–Crippen LogP) is -0.920. The second-order valence-electron chi connectivity index (χ2n) is 2.21. The molecule has 0 aromatic heterocycles. The lowest BCUT2D eigenvalue weighted by molar-refractivity contribution is -0.131. The van der Waals surface area contributed by atoms with Gasteiger partial charge in [0.15, 0.2) is 0 Å². The van der Waals surface area contributed by atoms with E-state index in [0.29, 0.717) is 0 Å². The zero-order chi connectivity index (χ0) is 6.15. The third-order valence-corrected chi connectivity index (χ3v) is 1.47. The molecule has 0 radical (unpaired) electrons. The minimum atomic E-state index is 0.0174. The Hall–Kier alpha value is -0.570. The predicted molar refractivity (Wildman–Crippen MR) is 30.1 cm³/mol. The lowest BCUT2D eigenvalue weighted by atomic mass is 9.95. The number of carbonyl (C=O) groups is 1. The average molecular weight is 114 g/mol. The van der Waals surface area contributed by atoms with Crippen molar-refractivity contribution in [2.75, 3.05) is 6.54 Å². The lowest BCUT2D eigenvalue weighted by Gasteiger charge is -2.28. The first kappa shape index (κ1) is 5.56. The zero-order valence-electron chi connectivity index (χ0n) is 4.85. The van der Waals surface area contributed by atoms with Crippen LogP contribution in [0.25, 0.3) is 0 Å². The molecule has 0 aromatic carbocycles. The highest BCUT2D eigenvalue weighted by atomic mass is 16.2. The van der Waals surface area contributed by atoms with Crippen LogP contribution in [0.3, 0.4) is 0 Å². The topological polar surface area (TPSA) is 55.1 Å². The van der Waals surface area contributed by atoms with Gasteiger partial charge in [0.25, 0.3) is 0 Å². The monoisotopic (exact) mass is 114 g/mol. The van der Waals surface area contributed by atoms with Gasteiger partial charge in [0, 0.05) is 12.6 Å². The van der Waals surface area contributed by atoms with E-state index in [-0.39, 0.29) is 17.9 Å². The van der Waals surface area contributed by atoms with Crippen molar-refractivity contribution in [1.82, 2.24) is 5.32 Å². The summed E-state index contributed by atoms with van der Waals surface area (Å²) in [6.07, 6.45) is 0. The third kappa shape index (κ3) is 0.690. The van der Waals surface area contributed by atoms with Gasteiger partial charge in [-0.1, -0.05) is 0 Å². The maximum absolute atomic E-state index is 10.5. The smallest absolute Gasteiger partial charge is 0.226 e. The Balaban J connectivity index is 2.37. The standard InChI is InChI=1S/C5H10N2O/c1-3(6)4-2-7-5(4)8/h3-4H,2,6H2,1H3,(H,7,8)/t3-,4-/m0/s1. The van der Waals surface area contributed by atoms with Crippen LogP contribution in [-0.4, -0.2) is 18.5 Å². The normalized spacial score (nSPS) is 30.8. The molecule has 1 fully saturated rings. The molecule has 1 amide bonds. The highest BCUT2D eigenvalue weighted by Gasteiger charge is 2.30. The summed E-state index contributed by atoms with van der Waals surface area (Å²) in [6, 6.07) is 0.0174. The molecule has 2 atom stereocenters. The van der Waals surface area contributed by atoms with E-state index in [1.807, 2.05) is 6.92 Å². The summed E-state index contributed by atoms with van der Waals surface area (Å²) in [7, 11) is 0. The Morgan fingerprint density at radius 3 is 2.62 bits per heavy atom. The van der Waals surface area contributed by atoms with Gasteiger partial charge in [0.1, 0.15) is 0 Å². The van der Waals surface area contributed by atoms with Crippen LogP contribution >= 0.6 is 0 Å². The molecule has 0 unspecified atom stereocenters. The van der Waals surface area contributed by atoms with Crippen molar-refractivity contribution in [3.05, 3.63) is 0 Å². The van der Waals surface area contributed by atoms with Crippen LogP contribution in [0.1, 0.15) is 6.92 Å². The number of β-lactam (4-membered cyclic amide) rings is 1. The lowest BCUT2D eigenvalue weighted by Crippen LogP contribution is -2.55. The molecule has 46 valence electrons. The molecule has 1 aliphatic rings. The van der Waals surface area contributed by atoms with E-state index in [9.17, 15) is 4.79 Å². The molecule has 0 saturated carbocycles. The summed E-state index contributed by atoms with van der Waals surface area (Å²) in [5.41, 5.74) is 5.43. The van der Waals surface area contributed by atoms with Gasteiger partial charge in [-0.2, -0.15) is 0 Å². The molecule has 0 spiro atoms. The zero-order valence-corrected chi connectivity index (χ0v) is 4.85. The molecule has 0 aliphatic carbocycles. The number of nitrogens with two attached hydrogens (primary N) is 1. The SMILES string of the molecule is C[C@H](N)[C@@H]1CNC1=O. The first-order chi connectivity index (χ1) is 3.72. The number of hydrogen-bond donors (Lipinski definition) is 2. The van der Waals surface area contributed by atoms with Gasteiger partial charge in [-0.25, -0.2) is 0 Å². The van der Waals surface area contributed by atoms with Gasteiger partial charge >= 0.3 is 0 Å². The molecule has 0 bridgehead atoms. The van der Waals surface area contributed by atoms with Crippen molar-refractivity contribution in [2.45, 2.75) is 13.0 Å². The third-order valence-electron chi connectivity index (χ3n) is 1.47. The number of hydrogen-bond acceptors (Lipinski definition) is 2. The Labute approximate surface area is 48.2 Å². The number of nitrogens with one attached hydrogen (secondary N) is 1. The van der Waals surface area contributed by atoms with Crippen molar-refractivity contribution in [1.29, 1.82) is 0 Å². The van der Waals surface area contributed by atoms with E-state index in [0.717, 1.165) is 6.54 Å². The van der Waals surface area contributed by atoms with Crippen molar-refractivity contribution in [2.24, 2.45) is 11.7 Å². The maximum atomic E-state index is 10.5. The van der Waals surface area contributed by atoms with Gasteiger partial charge in [-0.05, 0) is 6.92 Å². The van der Waals surface area contributed by atoms with Gasteiger partial charge in [0.2, 0.25) is 5.91 Å². The van der Waals surface area contributed by atoms with Crippen LogP contribution < -0.4 is 11.1 Å². The Morgan fingerprint density at radius 1 is 2.00 bits per heavy atom. The molecule has 3 nitrogen and oxygen atoms in total. The van der Waals surface area contributed by atoms with E-state index in [2.05, 4.69) is 5.32 Å². The van der Waals surface area contributed by atoms with Gasteiger partial charge in [0.05, 0.1) is 5.92 Å². The Bertz CT molecular complexity index is 111. The first-order valence-electron chi connectivity index (χ1n) is 2.75. The van der Waals surface area contributed by atoms with E-state index in [1.54, 1.807) is 0 Å². The molecule has 8 heavy (non-hydrogen) atoms. The highest BCUT2D eigenvalue weighted by molar-refractivity contribution is 5.84. The van der Waals surface area contributed by atoms with Crippen LogP contribution in [0.2, 0.25) is 0 Å². The van der Waals surface area contributed by atoms with Gasteiger partial charge < -0.3 is 11.1 Å².